The predicted octanol–water partition coefficient (Wildman–Crippen LogP) is 26.0. The Morgan fingerprint density at radius 2 is 0.712 bits per heavy atom. The zero-order valence-corrected chi connectivity index (χ0v) is 82.4. The summed E-state index contributed by atoms with van der Waals surface area (Å²) in [5.41, 5.74) is 10.2. The number of anilines is 10. The summed E-state index contributed by atoms with van der Waals surface area (Å²) in [6.45, 7) is 75.2. The number of halogens is 10. The van der Waals surface area contributed by atoms with Crippen molar-refractivity contribution in [3.8, 4) is 0 Å². The van der Waals surface area contributed by atoms with Gasteiger partial charge in [-0.1, -0.05) is 144 Å². The van der Waals surface area contributed by atoms with Crippen LogP contribution in [-0.2, 0) is 37.4 Å². The average Bonchev–Trinajstić information content (AvgIpc) is 1.73. The number of aromatic nitrogens is 4. The molecule has 0 aliphatic carbocycles. The topological polar surface area (TPSA) is 312 Å². The maximum Gasteiger partial charge on any atom is 0.323 e. The molecule has 139 heavy (non-hydrogen) atoms. The van der Waals surface area contributed by atoms with Gasteiger partial charge in [0.1, 0.15) is 57.9 Å². The molecule has 0 radical (unpaired) electrons. The van der Waals surface area contributed by atoms with Gasteiger partial charge in [-0.3, -0.25) is 20.2 Å². The summed E-state index contributed by atoms with van der Waals surface area (Å²) in [4.78, 5) is 82.3. The number of isocyanates is 1. The minimum absolute atomic E-state index is 0. The number of amides is 4. The van der Waals surface area contributed by atoms with E-state index >= 15 is 8.78 Å². The van der Waals surface area contributed by atoms with Gasteiger partial charge in [-0.15, -0.1) is 10.2 Å². The van der Waals surface area contributed by atoms with Gasteiger partial charge in [0.2, 0.25) is 32.3 Å². The van der Waals surface area contributed by atoms with Crippen molar-refractivity contribution < 1.29 is 71.0 Å². The van der Waals surface area contributed by atoms with Crippen LogP contribution in [0.15, 0.2) is 126 Å². The first-order valence-electron chi connectivity index (χ1n) is 45.3. The molecule has 0 saturated heterocycles. The monoisotopic (exact) mass is 1940 g/mol. The molecule has 9 aromatic rings. The van der Waals surface area contributed by atoms with Gasteiger partial charge in [0.15, 0.2) is 23.1 Å². The highest BCUT2D eigenvalue weighted by Crippen LogP contribution is 2.39. The van der Waals surface area contributed by atoms with E-state index in [4.69, 9.17) is 32.0 Å². The van der Waals surface area contributed by atoms with Gasteiger partial charge in [-0.05, 0) is 156 Å². The third kappa shape index (κ3) is 40.8. The molecule has 0 aliphatic rings. The number of hydrogen-bond acceptors (Lipinski definition) is 17. The number of urea groups is 2. The van der Waals surface area contributed by atoms with Crippen LogP contribution in [0.25, 0.3) is 19.4 Å². The van der Waals surface area contributed by atoms with Crippen LogP contribution >= 0.6 is 0 Å². The highest BCUT2D eigenvalue weighted by atomic mass is 19.2. The van der Waals surface area contributed by atoms with Crippen molar-refractivity contribution in [2.45, 2.75) is 171 Å². The fourth-order valence-corrected chi connectivity index (χ4v) is 14.6. The van der Waals surface area contributed by atoms with Crippen LogP contribution in [0.3, 0.4) is 0 Å². The molecule has 8 aromatic carbocycles. The Bertz CT molecular complexity index is 5690. The first-order chi connectivity index (χ1) is 65.4. The largest absolute Gasteiger partial charge is 0.397 e. The Hall–Kier alpha value is -14.4. The second kappa shape index (κ2) is 58.2. The number of nitrogens with zero attached hydrogens (tertiary/aromatic N) is 15. The Morgan fingerprint density at radius 1 is 0.396 bits per heavy atom. The molecule has 0 spiro atoms. The highest BCUT2D eigenvalue weighted by molar-refractivity contribution is 6.03. The summed E-state index contributed by atoms with van der Waals surface area (Å²) < 4.78 is 138. The molecule has 1 heterocycles. The van der Waals surface area contributed by atoms with Gasteiger partial charge in [0, 0.05) is 127 Å². The Morgan fingerprint density at radius 3 is 1.06 bits per heavy atom. The van der Waals surface area contributed by atoms with E-state index in [0.29, 0.717) is 132 Å². The first-order valence-corrected chi connectivity index (χ1v) is 45.3. The van der Waals surface area contributed by atoms with E-state index < -0.39 is 69.3 Å². The lowest BCUT2D eigenvalue weighted by atomic mass is 10.1. The lowest BCUT2D eigenvalue weighted by molar-refractivity contribution is -0.384. The Kier molecular flexibility index (Phi) is 49.0. The second-order valence-electron chi connectivity index (χ2n) is 37.2. The quantitative estimate of drug-likeness (QED) is 0.00398. The summed E-state index contributed by atoms with van der Waals surface area (Å²) in [6, 6.07) is 23.4. The minimum atomic E-state index is -0.926. The highest BCUT2D eigenvalue weighted by Gasteiger charge is 2.30. The van der Waals surface area contributed by atoms with Crippen LogP contribution < -0.4 is 51.5 Å². The normalized spacial score (nSPS) is 10.8. The van der Waals surface area contributed by atoms with E-state index in [9.17, 15) is 69.7 Å². The number of nitrogens with one attached hydrogen (secondary N) is 5. The van der Waals surface area contributed by atoms with Crippen molar-refractivity contribution in [1.82, 2.24) is 20.6 Å². The summed E-state index contributed by atoms with van der Waals surface area (Å²) >= 11 is 0. The molecule has 0 atom stereocenters. The summed E-state index contributed by atoms with van der Waals surface area (Å²) in [6.07, 6.45) is 1.34. The number of hydrogen-bond donors (Lipinski definition) is 6. The third-order valence-corrected chi connectivity index (χ3v) is 19.1. The number of aliphatic imine (C=N–C) groups is 1. The smallest absolute Gasteiger partial charge is 0.323 e. The van der Waals surface area contributed by atoms with Crippen LogP contribution in [-0.4, -0.2) is 114 Å². The SMILES string of the molecule is CC(C)CN(CC(C)C)c1c(F)cc(Cc2nn[nH]n2)cc1NC(=O)Nc1ccc(F)cc1F.O=C=Nc1ccc(F)cc1F.[C-]#[N+]Cc1cc(F)c(N(CC(C)C)CC(C)C)c(NC(=O)Nc2ccc(F)cc2F)c1.[C-]#[N+]Cc1cc(F)c(N(CC(C)C)CC(C)C)c([N+](=O)[O-])c1.[C-]#[N+]Cc1cc(N)c(N(CC(C)C)CC(C)C)c(F)c1.[C-]#[N+]Cc1ccc(N(CC(C)C)CC(C)C)c([N+](=O)[O-])c1.[HH].[HH]. The molecular formula is C101H131F10N21O7. The number of benzene rings is 8. The van der Waals surface area contributed by atoms with E-state index in [0.717, 1.165) is 68.7 Å². The number of nitrogens with two attached hydrogens (primary N) is 1. The number of nitro groups is 2. The van der Waals surface area contributed by atoms with Crippen molar-refractivity contribution in [2.75, 3.05) is 117 Å². The molecule has 752 valence electrons. The van der Waals surface area contributed by atoms with E-state index in [-0.39, 0.29) is 139 Å². The Labute approximate surface area is 811 Å². The number of aromatic amines is 1. The van der Waals surface area contributed by atoms with Crippen molar-refractivity contribution in [1.29, 1.82) is 0 Å². The van der Waals surface area contributed by atoms with Crippen molar-refractivity contribution in [2.24, 2.45) is 64.2 Å². The zero-order valence-electron chi connectivity index (χ0n) is 82.4. The molecule has 7 N–H and O–H groups in total. The van der Waals surface area contributed by atoms with Gasteiger partial charge >= 0.3 is 12.1 Å². The molecule has 0 fully saturated rings. The van der Waals surface area contributed by atoms with Crippen molar-refractivity contribution in [3.63, 3.8) is 0 Å². The van der Waals surface area contributed by atoms with Crippen LogP contribution in [0, 0.1) is 164 Å². The first kappa shape index (κ1) is 117. The number of H-pyrrole nitrogens is 1. The maximum absolute atomic E-state index is 15.5. The number of carbonyl (C=O) groups excluding carboxylic acids is 3. The summed E-state index contributed by atoms with van der Waals surface area (Å²) in [7, 11) is 0. The van der Waals surface area contributed by atoms with Crippen molar-refractivity contribution >= 4 is 92.1 Å². The van der Waals surface area contributed by atoms with E-state index in [1.165, 1.54) is 36.4 Å². The van der Waals surface area contributed by atoms with E-state index in [2.05, 4.69) is 127 Å². The van der Waals surface area contributed by atoms with Crippen molar-refractivity contribution in [3.05, 3.63) is 279 Å². The molecule has 4 amide bonds. The van der Waals surface area contributed by atoms with E-state index in [1.54, 1.807) is 29.2 Å². The number of nitrogen functional groups attached to an aromatic ring is 1. The number of nitro benzene ring substituents is 2. The molecule has 0 aliphatic heterocycles. The predicted molar refractivity (Wildman–Crippen MR) is 534 cm³/mol. The minimum Gasteiger partial charge on any atom is -0.397 e. The van der Waals surface area contributed by atoms with Crippen LogP contribution in [0.4, 0.5) is 127 Å². The van der Waals surface area contributed by atoms with E-state index in [1.807, 2.05) is 104 Å². The molecular weight excluding hydrogens is 1810 g/mol. The second-order valence-corrected chi connectivity index (χ2v) is 37.2. The van der Waals surface area contributed by atoms with Crippen LogP contribution in [0.1, 0.15) is 175 Å². The fraction of sp³-hybridized carbons (Fsp3) is 0.446. The standard InChI is InChI=1S/C23H28F3N7O.C23H27F3N4O.C16H22FN3O2.C16H24FN3.C16H23N3O2.C7H3F2NO.2H2/c1-13(2)11-33(12-14(3)4)22-18(26)7-15(9-21-29-31-32-30-21)8-20(22)28-23(34)27-19-6-5-16(24)10-17(19)25;1-14(2)12-30(13-15(3)4)22-19(26)8-16(11-27-5)9-21(22)29-23(31)28-20-7-6-17(24)10-18(20)25;1-11(2)9-19(10-12(3)4)16-14(17)6-13(8-18-5)7-15(16)20(21)22;1-11(2)9-20(10-12(3)4)16-14(17)6-13(8-19-5)7-15(16)18;1-12(2)10-18(11-13(3)4)15-7-6-14(9-17-5)8-16(15)19(20)21;8-5-1-2-7(10-4-11)6(9)3-5;;/h5-8,10,13-14H,9,11-12H2,1-4H3,(H2,27,28,34)(H,29,30,31,32);6-10,14-15H,11-13H2,1-4H3,(H2,28,29,31);6-7,11-12H,8-10H2,1-4H3;6-7,11-12H,8-10,18H2,1-4H3;6-8,12-13H,9-11H2,1-4H3;1-3H;2*1H. The Balaban J connectivity index is 0.000000586. The van der Waals surface area contributed by atoms with Gasteiger partial charge in [0.05, 0.1) is 55.3 Å². The lowest BCUT2D eigenvalue weighted by Crippen LogP contribution is -2.33. The average molecular weight is 1940 g/mol. The molecule has 9 rings (SSSR count). The summed E-state index contributed by atoms with van der Waals surface area (Å²) in [5, 5.41) is 46.2. The molecule has 1 aromatic heterocycles. The number of carbonyl (C=O) groups is 2. The molecule has 0 bridgehead atoms. The lowest BCUT2D eigenvalue weighted by Gasteiger charge is -2.31. The van der Waals surface area contributed by atoms with Crippen LogP contribution in [0.2, 0.25) is 0 Å². The third-order valence-electron chi connectivity index (χ3n) is 19.1. The molecule has 0 unspecified atom stereocenters. The molecule has 28 nitrogen and oxygen atoms in total. The number of tetrazole rings is 1. The van der Waals surface area contributed by atoms with Gasteiger partial charge < -0.3 is 70.9 Å². The molecule has 38 heteroatoms. The molecule has 0 saturated carbocycles. The van der Waals surface area contributed by atoms with Gasteiger partial charge in [0.25, 0.3) is 11.4 Å². The van der Waals surface area contributed by atoms with Gasteiger partial charge in [-0.2, -0.15) is 10.2 Å². The van der Waals surface area contributed by atoms with Crippen LogP contribution in [0.5, 0.6) is 0 Å². The summed E-state index contributed by atoms with van der Waals surface area (Å²) in [5.74, 6) is -3.50. The zero-order chi connectivity index (χ0) is 104. The van der Waals surface area contributed by atoms with Gasteiger partial charge in [-0.25, -0.2) is 84.6 Å². The maximum atomic E-state index is 15.5. The number of rotatable bonds is 38. The fourth-order valence-electron chi connectivity index (χ4n) is 14.6.